The van der Waals surface area contributed by atoms with Crippen LogP contribution >= 0.6 is 0 Å². The number of nitrogens with zero attached hydrogens (tertiary/aromatic N) is 4. The number of carbonyl (C=O) groups excluding carboxylic acids is 1. The third-order valence-electron chi connectivity index (χ3n) is 6.58. The van der Waals surface area contributed by atoms with Crippen LogP contribution in [0.2, 0.25) is 0 Å². The smallest absolute Gasteiger partial charge is 0.362 e. The molecule has 4 aromatic heterocycles. The third kappa shape index (κ3) is 4.33. The van der Waals surface area contributed by atoms with Gasteiger partial charge in [0.15, 0.2) is 11.4 Å². The minimum absolute atomic E-state index is 0.191. The molecule has 0 fully saturated rings. The Labute approximate surface area is 222 Å². The van der Waals surface area contributed by atoms with E-state index >= 15 is 0 Å². The van der Waals surface area contributed by atoms with E-state index in [4.69, 9.17) is 5.73 Å². The number of hydrogen-bond acceptors (Lipinski definition) is 5. The molecule has 1 atom stereocenters. The normalized spacial score (nSPS) is 12.3. The van der Waals surface area contributed by atoms with Gasteiger partial charge in [-0.2, -0.15) is 5.10 Å². The number of hydrogen-bond donors (Lipinski definition) is 4. The van der Waals surface area contributed by atoms with Gasteiger partial charge in [-0.3, -0.25) is 19.3 Å². The van der Waals surface area contributed by atoms with Gasteiger partial charge in [0.25, 0.3) is 11.5 Å². The molecule has 10 nitrogen and oxygen atoms in total. The maximum Gasteiger partial charge on any atom is 0.362 e. The lowest BCUT2D eigenvalue weighted by atomic mass is 10.0. The number of benzene rings is 2. The van der Waals surface area contributed by atoms with Crippen molar-refractivity contribution in [3.8, 4) is 5.69 Å². The minimum atomic E-state index is -0.544. The van der Waals surface area contributed by atoms with Crippen molar-refractivity contribution in [3.05, 3.63) is 118 Å². The first kappa shape index (κ1) is 23.9. The fourth-order valence-corrected chi connectivity index (χ4v) is 4.77. The molecule has 0 radical (unpaired) electrons. The fourth-order valence-electron chi connectivity index (χ4n) is 4.77. The number of fused-ring (bicyclic) bond motifs is 2. The van der Waals surface area contributed by atoms with Crippen LogP contribution in [0.3, 0.4) is 0 Å². The van der Waals surface area contributed by atoms with Gasteiger partial charge >= 0.3 is 5.65 Å². The average molecular weight is 518 g/mol. The number of anilines is 1. The topological polar surface area (TPSA) is 139 Å². The minimum Gasteiger partial charge on any atom is -0.382 e. The quantitative estimate of drug-likeness (QED) is 0.251. The molecule has 192 valence electrons. The van der Waals surface area contributed by atoms with Crippen LogP contribution in [0.5, 0.6) is 0 Å². The number of H-pyrrole nitrogens is 2. The number of para-hydroxylation sites is 1. The molecule has 5 N–H and O–H groups in total. The number of pyridine rings is 1. The largest absolute Gasteiger partial charge is 0.382 e. The van der Waals surface area contributed by atoms with E-state index in [0.717, 1.165) is 16.6 Å². The van der Waals surface area contributed by atoms with E-state index in [2.05, 4.69) is 25.6 Å². The summed E-state index contributed by atoms with van der Waals surface area (Å²) in [7, 11) is 0. The first-order valence-electron chi connectivity index (χ1n) is 12.4. The number of aromatic amines is 2. The maximum absolute atomic E-state index is 14.1. The molecule has 6 aromatic rings. The van der Waals surface area contributed by atoms with Gasteiger partial charge in [-0.05, 0) is 53.2 Å². The molecular formula is C29H25N8O2+. The zero-order valence-electron chi connectivity index (χ0n) is 21.0. The van der Waals surface area contributed by atoms with Crippen LogP contribution in [0.25, 0.3) is 34.3 Å². The standard InChI is InChI=1S/C29H24N8O2/c1-18(33-28(38)25-26(30)35-36-16-6-14-31-27(25)36)23-17-20-8-5-7-19(11-12-21-13-15-32-34-21)24(20)29(39)37(23)22-9-3-2-4-10-22/h2-18H,1H3,(H4,30,32,33,34,35,38,39)/p+1. The molecule has 39 heavy (non-hydrogen) atoms. The van der Waals surface area contributed by atoms with E-state index in [1.165, 1.54) is 0 Å². The second-order valence-corrected chi connectivity index (χ2v) is 9.11. The van der Waals surface area contributed by atoms with Crippen molar-refractivity contribution in [2.24, 2.45) is 0 Å². The van der Waals surface area contributed by atoms with Crippen LogP contribution in [0.15, 0.2) is 90.1 Å². The molecule has 4 heterocycles. The van der Waals surface area contributed by atoms with Crippen LogP contribution in [0.1, 0.15) is 40.3 Å². The van der Waals surface area contributed by atoms with Gasteiger partial charge in [-0.15, -0.1) is 4.52 Å². The molecular weight excluding hydrogens is 492 g/mol. The second-order valence-electron chi connectivity index (χ2n) is 9.11. The van der Waals surface area contributed by atoms with Crippen LogP contribution in [0.4, 0.5) is 5.82 Å². The molecule has 1 unspecified atom stereocenters. The van der Waals surface area contributed by atoms with Crippen LogP contribution in [-0.4, -0.2) is 30.8 Å². The Kier molecular flexibility index (Phi) is 5.96. The lowest BCUT2D eigenvalue weighted by Crippen LogP contribution is -2.33. The van der Waals surface area contributed by atoms with E-state index < -0.39 is 11.9 Å². The van der Waals surface area contributed by atoms with E-state index in [1.54, 1.807) is 33.7 Å². The number of carbonyl (C=O) groups is 1. The summed E-state index contributed by atoms with van der Waals surface area (Å²) < 4.78 is 3.23. The highest BCUT2D eigenvalue weighted by atomic mass is 16.2. The highest BCUT2D eigenvalue weighted by molar-refractivity contribution is 6.03. The summed E-state index contributed by atoms with van der Waals surface area (Å²) in [5, 5.41) is 14.1. The van der Waals surface area contributed by atoms with Crippen molar-refractivity contribution < 1.29 is 9.31 Å². The summed E-state index contributed by atoms with van der Waals surface area (Å²) in [5.74, 6) is -0.202. The van der Waals surface area contributed by atoms with Crippen molar-refractivity contribution in [2.75, 3.05) is 5.73 Å². The number of aromatic nitrogens is 6. The van der Waals surface area contributed by atoms with Crippen LogP contribution in [-0.2, 0) is 0 Å². The Morgan fingerprint density at radius 1 is 1.08 bits per heavy atom. The highest BCUT2D eigenvalue weighted by Gasteiger charge is 2.27. The van der Waals surface area contributed by atoms with E-state index in [1.807, 2.05) is 79.7 Å². The summed E-state index contributed by atoms with van der Waals surface area (Å²) in [4.78, 5) is 31.8. The SMILES string of the molecule is CC(NC(=O)c1c(N)[nH][n+]2cccnc12)c1cc2cccc(C=Cc3ccn[nH]3)c2c(=O)n1-c1ccccc1. The number of nitrogens with two attached hydrogens (primary N) is 1. The molecule has 1 amide bonds. The Bertz CT molecular complexity index is 1900. The Morgan fingerprint density at radius 3 is 2.72 bits per heavy atom. The molecule has 0 spiro atoms. The fraction of sp³-hybridized carbons (Fsp3) is 0.0690. The predicted octanol–water partition coefficient (Wildman–Crippen LogP) is 3.42. The van der Waals surface area contributed by atoms with E-state index in [-0.39, 0.29) is 16.9 Å². The Balaban J connectivity index is 1.47. The van der Waals surface area contributed by atoms with Crippen molar-refractivity contribution >= 4 is 40.3 Å². The summed E-state index contributed by atoms with van der Waals surface area (Å²) >= 11 is 0. The summed E-state index contributed by atoms with van der Waals surface area (Å²) in [5.41, 5.74) is 9.50. The van der Waals surface area contributed by atoms with Crippen molar-refractivity contribution in [2.45, 2.75) is 13.0 Å². The summed E-state index contributed by atoms with van der Waals surface area (Å²) in [6, 6.07) is 20.1. The second kappa shape index (κ2) is 9.75. The van der Waals surface area contributed by atoms with E-state index in [9.17, 15) is 9.59 Å². The molecule has 0 bridgehead atoms. The summed E-state index contributed by atoms with van der Waals surface area (Å²) in [6.45, 7) is 1.84. The first-order chi connectivity index (χ1) is 19.0. The average Bonchev–Trinajstić information content (AvgIpc) is 3.59. The number of nitrogens with one attached hydrogen (secondary N) is 3. The van der Waals surface area contributed by atoms with Gasteiger partial charge in [-0.1, -0.05) is 42.5 Å². The number of rotatable bonds is 6. The maximum atomic E-state index is 14.1. The Hall–Kier alpha value is -5.51. The van der Waals surface area contributed by atoms with Gasteiger partial charge < -0.3 is 11.1 Å². The van der Waals surface area contributed by atoms with Crippen molar-refractivity contribution in [1.82, 2.24) is 30.2 Å². The van der Waals surface area contributed by atoms with E-state index in [0.29, 0.717) is 22.4 Å². The molecule has 0 aliphatic carbocycles. The lowest BCUT2D eigenvalue weighted by molar-refractivity contribution is -0.577. The van der Waals surface area contributed by atoms with Crippen LogP contribution in [0, 0.1) is 0 Å². The monoisotopic (exact) mass is 517 g/mol. The van der Waals surface area contributed by atoms with Gasteiger partial charge in [0.2, 0.25) is 0 Å². The van der Waals surface area contributed by atoms with Gasteiger partial charge in [0.05, 0.1) is 17.1 Å². The molecule has 0 aliphatic rings. The molecule has 10 heteroatoms. The zero-order chi connectivity index (χ0) is 26.9. The molecule has 6 rings (SSSR count). The number of nitrogen functional groups attached to an aromatic ring is 1. The number of amides is 1. The molecule has 0 saturated heterocycles. The highest BCUT2D eigenvalue weighted by Crippen LogP contribution is 2.25. The Morgan fingerprint density at radius 2 is 1.92 bits per heavy atom. The lowest BCUT2D eigenvalue weighted by Gasteiger charge is -2.21. The van der Waals surface area contributed by atoms with Crippen LogP contribution < -0.4 is 21.1 Å². The first-order valence-corrected chi connectivity index (χ1v) is 12.4. The van der Waals surface area contributed by atoms with Gasteiger partial charge in [0.1, 0.15) is 12.4 Å². The zero-order valence-corrected chi connectivity index (χ0v) is 21.0. The van der Waals surface area contributed by atoms with Crippen molar-refractivity contribution in [1.29, 1.82) is 0 Å². The molecule has 2 aromatic carbocycles. The predicted molar refractivity (Wildman–Crippen MR) is 149 cm³/mol. The van der Waals surface area contributed by atoms with Crippen molar-refractivity contribution in [3.63, 3.8) is 0 Å². The molecule has 0 saturated carbocycles. The third-order valence-corrected chi connectivity index (χ3v) is 6.58. The summed E-state index contributed by atoms with van der Waals surface area (Å²) in [6.07, 6.45) is 8.77. The molecule has 0 aliphatic heterocycles. The van der Waals surface area contributed by atoms with Gasteiger partial charge in [-0.25, -0.2) is 5.10 Å². The van der Waals surface area contributed by atoms with Gasteiger partial charge in [0, 0.05) is 23.6 Å².